The molecule has 10 heteroatoms. The van der Waals surface area contributed by atoms with Crippen LogP contribution in [-0.2, 0) is 14.3 Å². The molecule has 9 nitrogen and oxygen atoms in total. The van der Waals surface area contributed by atoms with Crippen LogP contribution in [-0.4, -0.2) is 89.4 Å². The third-order valence-corrected chi connectivity index (χ3v) is 12.4. The highest BCUT2D eigenvalue weighted by molar-refractivity contribution is 9.09. The van der Waals surface area contributed by atoms with Crippen LogP contribution in [0.2, 0.25) is 0 Å². The van der Waals surface area contributed by atoms with Gasteiger partial charge in [0.25, 0.3) is 0 Å². The maximum atomic E-state index is 13.4. The van der Waals surface area contributed by atoms with E-state index in [0.717, 1.165) is 0 Å². The number of ketones is 1. The Hall–Kier alpha value is -0.880. The first kappa shape index (κ1) is 34.0. The molecule has 0 bridgehead atoms. The van der Waals surface area contributed by atoms with E-state index in [4.69, 9.17) is 4.74 Å². The lowest BCUT2D eigenvalue weighted by Crippen LogP contribution is -2.62. The van der Waals surface area contributed by atoms with E-state index < -0.39 is 57.8 Å². The number of halogens is 1. The number of aliphatic hydroxyl groups is 6. The Labute approximate surface area is 257 Å². The van der Waals surface area contributed by atoms with Gasteiger partial charge in [-0.05, 0) is 113 Å². The van der Waals surface area contributed by atoms with E-state index in [2.05, 4.69) is 15.9 Å². The molecule has 4 rings (SSSR count). The molecule has 0 aliphatic heterocycles. The van der Waals surface area contributed by atoms with Gasteiger partial charge in [0.05, 0.1) is 41.7 Å². The van der Waals surface area contributed by atoms with E-state index in [1.165, 1.54) is 0 Å². The number of fused-ring (bicyclic) bond motifs is 5. The summed E-state index contributed by atoms with van der Waals surface area (Å²) in [6, 6.07) is 0. The van der Waals surface area contributed by atoms with Gasteiger partial charge < -0.3 is 35.4 Å². The fourth-order valence-electron chi connectivity index (χ4n) is 9.24. The van der Waals surface area contributed by atoms with Crippen molar-refractivity contribution < 1.29 is 45.0 Å². The predicted molar refractivity (Wildman–Crippen MR) is 160 cm³/mol. The maximum Gasteiger partial charge on any atom is 0.316 e. The molecule has 0 radical (unpaired) electrons. The number of hydrogen-bond donors (Lipinski definition) is 6. The lowest BCUT2D eigenvalue weighted by molar-refractivity contribution is -0.177. The highest BCUT2D eigenvalue weighted by atomic mass is 79.9. The van der Waals surface area contributed by atoms with Crippen LogP contribution in [0.4, 0.5) is 0 Å². The van der Waals surface area contributed by atoms with Crippen molar-refractivity contribution in [3.8, 4) is 0 Å². The molecular weight excluding hydrogens is 608 g/mol. The molecule has 240 valence electrons. The first-order valence-electron chi connectivity index (χ1n) is 15.6. The average Bonchev–Trinajstić information content (AvgIpc) is 3.20. The topological polar surface area (TPSA) is 165 Å². The summed E-state index contributed by atoms with van der Waals surface area (Å²) in [6.07, 6.45) is 3.38. The monoisotopic (exact) mass is 658 g/mol. The number of esters is 1. The number of carbonyl (C=O) groups is 2. The number of ether oxygens (including phenoxy) is 1. The van der Waals surface area contributed by atoms with Crippen molar-refractivity contribution in [2.75, 3.05) is 11.9 Å². The van der Waals surface area contributed by atoms with Crippen LogP contribution >= 0.6 is 15.9 Å². The predicted octanol–water partition coefficient (Wildman–Crippen LogP) is 2.94. The number of unbranched alkanes of at least 4 members (excludes halogenated alkanes) is 1. The third kappa shape index (κ3) is 5.90. The molecular formula is C32H51BrO9. The quantitative estimate of drug-likeness (QED) is 0.111. The zero-order valence-electron chi connectivity index (χ0n) is 25.5. The normalized spacial score (nSPS) is 41.5. The summed E-state index contributed by atoms with van der Waals surface area (Å²) in [5.41, 5.74) is -4.61. The van der Waals surface area contributed by atoms with Gasteiger partial charge in [-0.3, -0.25) is 9.59 Å². The number of alkyl halides is 1. The molecule has 11 atom stereocenters. The van der Waals surface area contributed by atoms with Gasteiger partial charge in [0.2, 0.25) is 0 Å². The van der Waals surface area contributed by atoms with Crippen LogP contribution in [0.3, 0.4) is 0 Å². The van der Waals surface area contributed by atoms with Crippen molar-refractivity contribution in [2.45, 2.75) is 133 Å². The van der Waals surface area contributed by atoms with Gasteiger partial charge in [-0.15, -0.1) is 0 Å². The first-order valence-corrected chi connectivity index (χ1v) is 16.7. The molecule has 11 unspecified atom stereocenters. The number of aliphatic hydroxyl groups excluding tert-OH is 3. The summed E-state index contributed by atoms with van der Waals surface area (Å²) >= 11 is 3.05. The molecule has 6 N–H and O–H groups in total. The van der Waals surface area contributed by atoms with Crippen LogP contribution in [0, 0.1) is 28.6 Å². The fraction of sp³-hybridized carbons (Fsp3) is 0.875. The minimum Gasteiger partial charge on any atom is -0.465 e. The van der Waals surface area contributed by atoms with E-state index in [1.807, 2.05) is 13.8 Å². The molecule has 0 aromatic carbocycles. The minimum absolute atomic E-state index is 0.118. The Morgan fingerprint density at radius 1 is 1.10 bits per heavy atom. The molecule has 42 heavy (non-hydrogen) atoms. The summed E-state index contributed by atoms with van der Waals surface area (Å²) in [6.45, 7) is 7.57. The van der Waals surface area contributed by atoms with Gasteiger partial charge in [0.1, 0.15) is 5.33 Å². The van der Waals surface area contributed by atoms with Gasteiger partial charge >= 0.3 is 5.97 Å². The van der Waals surface area contributed by atoms with Crippen LogP contribution in [0.15, 0.2) is 11.6 Å². The van der Waals surface area contributed by atoms with Gasteiger partial charge in [-0.25, -0.2) is 0 Å². The molecule has 0 heterocycles. The molecule has 0 aromatic rings. The van der Waals surface area contributed by atoms with Crippen LogP contribution in [0.25, 0.3) is 0 Å². The van der Waals surface area contributed by atoms with Crippen molar-refractivity contribution in [3.05, 3.63) is 11.6 Å². The average molecular weight is 660 g/mol. The summed E-state index contributed by atoms with van der Waals surface area (Å²) in [7, 11) is 0. The van der Waals surface area contributed by atoms with E-state index >= 15 is 0 Å². The minimum atomic E-state index is -1.54. The molecule has 4 aliphatic rings. The van der Waals surface area contributed by atoms with Crippen LogP contribution in [0.1, 0.15) is 98.3 Å². The van der Waals surface area contributed by atoms with Crippen LogP contribution in [0.5, 0.6) is 0 Å². The highest BCUT2D eigenvalue weighted by Gasteiger charge is 2.69. The summed E-state index contributed by atoms with van der Waals surface area (Å²) < 4.78 is 5.04. The second-order valence-electron chi connectivity index (χ2n) is 14.7. The summed E-state index contributed by atoms with van der Waals surface area (Å²) in [5, 5.41) is 67.4. The third-order valence-electron chi connectivity index (χ3n) is 11.9. The Morgan fingerprint density at radius 2 is 1.79 bits per heavy atom. The van der Waals surface area contributed by atoms with Crippen LogP contribution < -0.4 is 0 Å². The molecule has 0 spiro atoms. The van der Waals surface area contributed by atoms with Gasteiger partial charge in [0.15, 0.2) is 5.78 Å². The van der Waals surface area contributed by atoms with Gasteiger partial charge in [-0.1, -0.05) is 29.8 Å². The Balaban J connectivity index is 1.44. The van der Waals surface area contributed by atoms with Crippen molar-refractivity contribution in [1.82, 2.24) is 0 Å². The summed E-state index contributed by atoms with van der Waals surface area (Å²) in [4.78, 5) is 24.6. The molecule has 3 saturated carbocycles. The van der Waals surface area contributed by atoms with Crippen molar-refractivity contribution in [2.24, 2.45) is 28.6 Å². The Bertz CT molecular complexity index is 1060. The zero-order valence-corrected chi connectivity index (χ0v) is 27.1. The standard InChI is InChI=1S/C32H51BrO9/c1-28(39,10-5-6-14-42-27(38)18-33)11-9-26(37)31(4,40)25-8-13-32(41)20-15-22(34)21-16-23(35)24(36)17-29(21,2)19(20)7-12-30(25,32)3/h15,19,21,23-26,35-37,39-41H,5-14,16-18H2,1-4H3. The second-order valence-corrected chi connectivity index (χ2v) is 15.2. The molecule has 0 aromatic heterocycles. The first-order chi connectivity index (χ1) is 19.4. The van der Waals surface area contributed by atoms with Crippen molar-refractivity contribution in [3.63, 3.8) is 0 Å². The maximum absolute atomic E-state index is 13.4. The lowest BCUT2D eigenvalue weighted by Gasteiger charge is -2.60. The van der Waals surface area contributed by atoms with Gasteiger partial charge in [0, 0.05) is 11.3 Å². The zero-order chi connectivity index (χ0) is 31.3. The molecule has 0 amide bonds. The second kappa shape index (κ2) is 12.1. The largest absolute Gasteiger partial charge is 0.465 e. The van der Waals surface area contributed by atoms with E-state index in [9.17, 15) is 40.2 Å². The smallest absolute Gasteiger partial charge is 0.316 e. The molecule has 3 fully saturated rings. The van der Waals surface area contributed by atoms with Crippen molar-refractivity contribution >= 4 is 27.7 Å². The van der Waals surface area contributed by atoms with E-state index in [-0.39, 0.29) is 48.9 Å². The van der Waals surface area contributed by atoms with E-state index in [1.54, 1.807) is 19.9 Å². The fourth-order valence-corrected chi connectivity index (χ4v) is 9.40. The SMILES string of the molecule is CC(O)(CCCCOC(=O)CBr)CCC(O)C(C)(O)C1CCC2(O)C3=CC(=O)C4CC(O)C(O)CC4(C)C3CCC12C. The Kier molecular flexibility index (Phi) is 9.83. The highest BCUT2D eigenvalue weighted by Crippen LogP contribution is 2.68. The van der Waals surface area contributed by atoms with Gasteiger partial charge in [-0.2, -0.15) is 0 Å². The number of allylic oxidation sites excluding steroid dienone is 1. The number of rotatable bonds is 11. The molecule has 0 saturated heterocycles. The molecule has 4 aliphatic carbocycles. The van der Waals surface area contributed by atoms with E-state index in [0.29, 0.717) is 56.9 Å². The number of carbonyl (C=O) groups excluding carboxylic acids is 2. The Morgan fingerprint density at radius 3 is 2.45 bits per heavy atom. The lowest BCUT2D eigenvalue weighted by atomic mass is 9.45. The van der Waals surface area contributed by atoms with Crippen molar-refractivity contribution in [1.29, 1.82) is 0 Å². The summed E-state index contributed by atoms with van der Waals surface area (Å²) in [5.74, 6) is -1.42. The number of hydrogen-bond acceptors (Lipinski definition) is 9.